The third kappa shape index (κ3) is 10.6. The Morgan fingerprint density at radius 3 is 2.21 bits per heavy atom. The van der Waals surface area contributed by atoms with Gasteiger partial charge >= 0.3 is 0 Å². The van der Waals surface area contributed by atoms with Gasteiger partial charge in [-0.25, -0.2) is 3.11 Å². The van der Waals surface area contributed by atoms with Crippen LogP contribution < -0.4 is 5.32 Å². The second-order valence-corrected chi connectivity index (χ2v) is 9.32. The highest BCUT2D eigenvalue weighted by molar-refractivity contribution is 14.1. The van der Waals surface area contributed by atoms with Crippen LogP contribution >= 0.6 is 22.9 Å². The van der Waals surface area contributed by atoms with Gasteiger partial charge in [0.25, 0.3) is 0 Å². The molecule has 1 N–H and O–H groups in total. The van der Waals surface area contributed by atoms with Gasteiger partial charge in [-0.15, -0.1) is 0 Å². The van der Waals surface area contributed by atoms with Gasteiger partial charge in [-0.1, -0.05) is 51.1 Å². The number of likely N-dealkylation sites (tertiary alicyclic amines) is 1. The molecule has 4 heteroatoms. The number of halogens is 1. The number of nitrogens with zero attached hydrogens (tertiary/aromatic N) is 2. The first kappa shape index (κ1) is 25.9. The van der Waals surface area contributed by atoms with Gasteiger partial charge in [-0.05, 0) is 77.6 Å². The lowest BCUT2D eigenvalue weighted by molar-refractivity contribution is 0.149. The predicted octanol–water partition coefficient (Wildman–Crippen LogP) is 5.93. The van der Waals surface area contributed by atoms with Crippen molar-refractivity contribution in [3.63, 3.8) is 0 Å². The summed E-state index contributed by atoms with van der Waals surface area (Å²) < 4.78 is 2.32. The Kier molecular flexibility index (Phi) is 14.4. The zero-order valence-electron chi connectivity index (χ0n) is 19.0. The van der Waals surface area contributed by atoms with Gasteiger partial charge in [-0.3, -0.25) is 0 Å². The van der Waals surface area contributed by atoms with E-state index in [0.717, 1.165) is 31.2 Å². The Bertz CT molecular complexity index is 466. The van der Waals surface area contributed by atoms with E-state index in [9.17, 15) is 0 Å². The van der Waals surface area contributed by atoms with Crippen LogP contribution in [0.5, 0.6) is 0 Å². The quantitative estimate of drug-likeness (QED) is 0.244. The third-order valence-electron chi connectivity index (χ3n) is 6.03. The lowest BCUT2D eigenvalue weighted by atomic mass is 10.0. The van der Waals surface area contributed by atoms with E-state index in [0.29, 0.717) is 0 Å². The highest BCUT2D eigenvalue weighted by Crippen LogP contribution is 2.14. The Labute approximate surface area is 189 Å². The van der Waals surface area contributed by atoms with Crippen molar-refractivity contribution in [3.8, 4) is 0 Å². The Balaban J connectivity index is 0.000000416. The summed E-state index contributed by atoms with van der Waals surface area (Å²) in [6.07, 6.45) is 7.59. The molecular weight excluding hydrogens is 457 g/mol. The molecule has 0 saturated carbocycles. The molecule has 0 spiro atoms. The minimum atomic E-state index is 0.737. The van der Waals surface area contributed by atoms with Crippen molar-refractivity contribution in [2.75, 3.05) is 26.2 Å². The second kappa shape index (κ2) is 15.6. The Morgan fingerprint density at radius 2 is 1.71 bits per heavy atom. The monoisotopic (exact) mass is 501 g/mol. The average molecular weight is 502 g/mol. The molecule has 2 rings (SSSR count). The molecule has 0 bridgehead atoms. The maximum atomic E-state index is 3.74. The summed E-state index contributed by atoms with van der Waals surface area (Å²) in [4.78, 5) is 2.64. The normalized spacial score (nSPS) is 17.8. The van der Waals surface area contributed by atoms with Gasteiger partial charge in [0.1, 0.15) is 0 Å². The number of benzene rings is 1. The maximum Gasteiger partial charge on any atom is 0.0204 e. The number of rotatable bonds is 10. The van der Waals surface area contributed by atoms with E-state index in [4.69, 9.17) is 0 Å². The van der Waals surface area contributed by atoms with Crippen LogP contribution in [0, 0.1) is 0 Å². The van der Waals surface area contributed by atoms with Crippen molar-refractivity contribution in [2.45, 2.75) is 91.3 Å². The van der Waals surface area contributed by atoms with Gasteiger partial charge in [-0.2, -0.15) is 0 Å². The third-order valence-corrected chi connectivity index (χ3v) is 7.67. The van der Waals surface area contributed by atoms with E-state index in [1.165, 1.54) is 57.2 Å². The maximum absolute atomic E-state index is 3.74. The van der Waals surface area contributed by atoms with E-state index in [1.54, 1.807) is 0 Å². The molecule has 2 atom stereocenters. The molecule has 28 heavy (non-hydrogen) atoms. The Hall–Kier alpha value is -0.170. The molecule has 0 aliphatic carbocycles. The second-order valence-electron chi connectivity index (χ2n) is 8.08. The van der Waals surface area contributed by atoms with Crippen LogP contribution in [0.25, 0.3) is 0 Å². The van der Waals surface area contributed by atoms with Gasteiger partial charge in [0.05, 0.1) is 0 Å². The summed E-state index contributed by atoms with van der Waals surface area (Å²) in [5, 5.41) is 3.74. The molecule has 0 amide bonds. The fraction of sp³-hybridized carbons (Fsp3) is 0.750. The van der Waals surface area contributed by atoms with Crippen molar-refractivity contribution < 1.29 is 0 Å². The lowest BCUT2D eigenvalue weighted by Crippen LogP contribution is -2.45. The molecule has 0 radical (unpaired) electrons. The van der Waals surface area contributed by atoms with Gasteiger partial charge in [0.15, 0.2) is 0 Å². The number of nitrogens with one attached hydrogen (secondary N) is 1. The summed E-state index contributed by atoms with van der Waals surface area (Å²) in [5.41, 5.74) is 1.46. The standard InChI is InChI=1S/C18H30N2.C6H14IN/c1-3-16(2)20-14-11-18(12-15-20)19-13-7-10-17-8-5-4-6-9-17;1-4-6(3)8(7)5-2/h4-6,8-9,16,18-19H,3,7,10-15H2,1-2H3;6H,4-5H2,1-3H3. The largest absolute Gasteiger partial charge is 0.314 e. The molecule has 3 nitrogen and oxygen atoms in total. The number of piperidine rings is 1. The molecule has 1 aromatic carbocycles. The molecule has 1 aliphatic heterocycles. The van der Waals surface area contributed by atoms with Crippen LogP contribution in [-0.4, -0.2) is 52.3 Å². The highest BCUT2D eigenvalue weighted by atomic mass is 127. The highest BCUT2D eigenvalue weighted by Gasteiger charge is 2.21. The van der Waals surface area contributed by atoms with Crippen molar-refractivity contribution in [3.05, 3.63) is 35.9 Å². The van der Waals surface area contributed by atoms with Crippen LogP contribution in [0.2, 0.25) is 0 Å². The zero-order chi connectivity index (χ0) is 20.8. The van der Waals surface area contributed by atoms with Crippen molar-refractivity contribution in [1.82, 2.24) is 13.3 Å². The molecule has 1 aromatic rings. The van der Waals surface area contributed by atoms with Gasteiger partial charge in [0.2, 0.25) is 0 Å². The van der Waals surface area contributed by atoms with E-state index in [1.807, 2.05) is 0 Å². The molecule has 162 valence electrons. The zero-order valence-corrected chi connectivity index (χ0v) is 21.1. The molecule has 1 fully saturated rings. The number of hydrogen-bond acceptors (Lipinski definition) is 3. The smallest absolute Gasteiger partial charge is 0.0204 e. The summed E-state index contributed by atoms with van der Waals surface area (Å²) >= 11 is 2.36. The van der Waals surface area contributed by atoms with Crippen molar-refractivity contribution in [1.29, 1.82) is 0 Å². The summed E-state index contributed by atoms with van der Waals surface area (Å²) in [6, 6.07) is 13.0. The molecule has 1 aliphatic rings. The van der Waals surface area contributed by atoms with Crippen LogP contribution in [0.3, 0.4) is 0 Å². The van der Waals surface area contributed by atoms with E-state index < -0.39 is 0 Å². The number of hydrogen-bond donors (Lipinski definition) is 1. The van der Waals surface area contributed by atoms with E-state index >= 15 is 0 Å². The number of aryl methyl sites for hydroxylation is 1. The minimum absolute atomic E-state index is 0.737. The predicted molar refractivity (Wildman–Crippen MR) is 133 cm³/mol. The van der Waals surface area contributed by atoms with Crippen LogP contribution in [-0.2, 0) is 6.42 Å². The first-order valence-electron chi connectivity index (χ1n) is 11.4. The van der Waals surface area contributed by atoms with E-state index in [2.05, 4.69) is 101 Å². The van der Waals surface area contributed by atoms with Crippen LogP contribution in [0.15, 0.2) is 30.3 Å². The average Bonchev–Trinajstić information content (AvgIpc) is 2.76. The summed E-state index contributed by atoms with van der Waals surface area (Å²) in [5.74, 6) is 0. The lowest BCUT2D eigenvalue weighted by Gasteiger charge is -2.36. The molecular formula is C24H44IN3. The summed E-state index contributed by atoms with van der Waals surface area (Å²) in [7, 11) is 0. The fourth-order valence-electron chi connectivity index (χ4n) is 3.56. The molecule has 2 unspecified atom stereocenters. The van der Waals surface area contributed by atoms with Gasteiger partial charge in [0, 0.05) is 47.5 Å². The summed E-state index contributed by atoms with van der Waals surface area (Å²) in [6.45, 7) is 16.1. The topological polar surface area (TPSA) is 18.5 Å². The van der Waals surface area contributed by atoms with Crippen molar-refractivity contribution >= 4 is 22.9 Å². The SMILES string of the molecule is CCC(C)N(I)CC.CCC(C)N1CCC(NCCCc2ccccc2)CC1. The van der Waals surface area contributed by atoms with Crippen molar-refractivity contribution in [2.24, 2.45) is 0 Å². The first-order valence-corrected chi connectivity index (χ1v) is 12.4. The van der Waals surface area contributed by atoms with E-state index in [-0.39, 0.29) is 0 Å². The van der Waals surface area contributed by atoms with Gasteiger partial charge < -0.3 is 10.2 Å². The Morgan fingerprint density at radius 1 is 1.07 bits per heavy atom. The van der Waals surface area contributed by atoms with Crippen LogP contribution in [0.4, 0.5) is 0 Å². The molecule has 1 heterocycles. The minimum Gasteiger partial charge on any atom is -0.314 e. The molecule has 1 saturated heterocycles. The molecule has 0 aromatic heterocycles. The fourth-order valence-corrected chi connectivity index (χ4v) is 3.95. The van der Waals surface area contributed by atoms with Crippen LogP contribution in [0.1, 0.15) is 72.3 Å². The first-order chi connectivity index (χ1) is 13.5.